The van der Waals surface area contributed by atoms with Crippen LogP contribution in [0.15, 0.2) is 48.5 Å². The van der Waals surface area contributed by atoms with E-state index in [0.29, 0.717) is 23.8 Å². The lowest BCUT2D eigenvalue weighted by Crippen LogP contribution is -2.48. The summed E-state index contributed by atoms with van der Waals surface area (Å²) in [6.45, 7) is 2.29. The van der Waals surface area contributed by atoms with Crippen molar-refractivity contribution < 1.29 is 19.4 Å². The van der Waals surface area contributed by atoms with Crippen molar-refractivity contribution in [2.24, 2.45) is 0 Å². The van der Waals surface area contributed by atoms with Crippen LogP contribution >= 0.6 is 0 Å². The lowest BCUT2D eigenvalue weighted by Gasteiger charge is -2.28. The van der Waals surface area contributed by atoms with Crippen LogP contribution in [0.5, 0.6) is 5.75 Å². The second-order valence-corrected chi connectivity index (χ2v) is 8.47. The van der Waals surface area contributed by atoms with Crippen LogP contribution in [0.1, 0.15) is 53.3 Å². The van der Waals surface area contributed by atoms with Crippen LogP contribution in [-0.4, -0.2) is 53.5 Å². The highest BCUT2D eigenvalue weighted by atomic mass is 16.5. The van der Waals surface area contributed by atoms with Gasteiger partial charge in [0.25, 0.3) is 5.91 Å². The molecule has 2 aliphatic rings. The average molecular weight is 433 g/mol. The standard InChI is InChI=1S/C26H28N2O4/c1-2-18-5-7-20(8-6-18)25(30)26(31)27-23(17-28-15-3-4-16-28)24(29)19-9-11-21(12-10-19)32-22-13-14-22/h1,5-12,22-24,29H,3-4,13-17H2,(H,27,31). The van der Waals surface area contributed by atoms with Gasteiger partial charge in [0.05, 0.1) is 12.1 Å². The number of rotatable bonds is 9. The Kier molecular flexibility index (Phi) is 6.89. The maximum Gasteiger partial charge on any atom is 0.292 e. The number of benzene rings is 2. The van der Waals surface area contributed by atoms with E-state index >= 15 is 0 Å². The van der Waals surface area contributed by atoms with Crippen molar-refractivity contribution in [3.63, 3.8) is 0 Å². The number of carbonyl (C=O) groups is 2. The monoisotopic (exact) mass is 432 g/mol. The molecule has 166 valence electrons. The van der Waals surface area contributed by atoms with Crippen molar-refractivity contribution in [2.75, 3.05) is 19.6 Å². The Hall–Kier alpha value is -3.14. The van der Waals surface area contributed by atoms with Gasteiger partial charge < -0.3 is 20.1 Å². The second-order valence-electron chi connectivity index (χ2n) is 8.47. The zero-order valence-corrected chi connectivity index (χ0v) is 18.0. The first-order chi connectivity index (χ1) is 15.5. The Bertz CT molecular complexity index is 984. The molecule has 6 nitrogen and oxygen atoms in total. The third-order valence-corrected chi connectivity index (χ3v) is 5.92. The summed E-state index contributed by atoms with van der Waals surface area (Å²) in [6, 6.07) is 13.0. The number of likely N-dealkylation sites (tertiary alicyclic amines) is 1. The van der Waals surface area contributed by atoms with Crippen LogP contribution in [0.25, 0.3) is 0 Å². The molecule has 0 spiro atoms. The summed E-state index contributed by atoms with van der Waals surface area (Å²) < 4.78 is 5.77. The van der Waals surface area contributed by atoms with Gasteiger partial charge in [0.2, 0.25) is 5.78 Å². The number of terminal acetylenes is 1. The van der Waals surface area contributed by atoms with E-state index in [1.807, 2.05) is 24.3 Å². The quantitative estimate of drug-likeness (QED) is 0.362. The van der Waals surface area contributed by atoms with Gasteiger partial charge in [-0.15, -0.1) is 6.42 Å². The van der Waals surface area contributed by atoms with Crippen LogP contribution in [0, 0.1) is 12.3 Å². The third kappa shape index (κ3) is 5.56. The van der Waals surface area contributed by atoms with E-state index in [0.717, 1.165) is 44.5 Å². The number of Topliss-reactive ketones (excluding diaryl/α,β-unsaturated/α-hetero) is 1. The minimum absolute atomic E-state index is 0.262. The molecular formula is C26H28N2O4. The minimum Gasteiger partial charge on any atom is -0.490 e. The molecule has 2 N–H and O–H groups in total. The van der Waals surface area contributed by atoms with E-state index in [-0.39, 0.29) is 5.56 Å². The molecular weight excluding hydrogens is 404 g/mol. The molecule has 2 aromatic carbocycles. The number of hydrogen-bond donors (Lipinski definition) is 2. The summed E-state index contributed by atoms with van der Waals surface area (Å²) in [7, 11) is 0. The molecule has 2 aromatic rings. The lowest BCUT2D eigenvalue weighted by atomic mass is 10.0. The zero-order chi connectivity index (χ0) is 22.5. The van der Waals surface area contributed by atoms with Gasteiger partial charge >= 0.3 is 0 Å². The molecule has 1 saturated carbocycles. The van der Waals surface area contributed by atoms with Gasteiger partial charge in [0.15, 0.2) is 0 Å². The van der Waals surface area contributed by atoms with Gasteiger partial charge in [0.1, 0.15) is 11.9 Å². The fourth-order valence-electron chi connectivity index (χ4n) is 3.90. The molecule has 4 rings (SSSR count). The van der Waals surface area contributed by atoms with E-state index in [4.69, 9.17) is 11.2 Å². The van der Waals surface area contributed by atoms with Crippen molar-refractivity contribution in [1.82, 2.24) is 10.2 Å². The van der Waals surface area contributed by atoms with E-state index in [9.17, 15) is 14.7 Å². The van der Waals surface area contributed by atoms with Crippen LogP contribution < -0.4 is 10.1 Å². The Morgan fingerprint density at radius 3 is 2.34 bits per heavy atom. The van der Waals surface area contributed by atoms with Gasteiger partial charge in [0, 0.05) is 17.7 Å². The second kappa shape index (κ2) is 9.99. The van der Waals surface area contributed by atoms with Gasteiger partial charge in [-0.3, -0.25) is 9.59 Å². The number of aliphatic hydroxyl groups is 1. The van der Waals surface area contributed by atoms with Crippen molar-refractivity contribution in [3.05, 3.63) is 65.2 Å². The summed E-state index contributed by atoms with van der Waals surface area (Å²) in [5, 5.41) is 13.9. The molecule has 2 fully saturated rings. The minimum atomic E-state index is -0.953. The van der Waals surface area contributed by atoms with Crippen molar-refractivity contribution in [1.29, 1.82) is 0 Å². The van der Waals surface area contributed by atoms with Crippen LogP contribution in [0.2, 0.25) is 0 Å². The van der Waals surface area contributed by atoms with E-state index < -0.39 is 23.8 Å². The highest BCUT2D eigenvalue weighted by Gasteiger charge is 2.29. The molecule has 1 heterocycles. The molecule has 0 bridgehead atoms. The smallest absolute Gasteiger partial charge is 0.292 e. The maximum atomic E-state index is 12.7. The molecule has 1 aliphatic carbocycles. The molecule has 2 atom stereocenters. The Morgan fingerprint density at radius 1 is 1.09 bits per heavy atom. The van der Waals surface area contributed by atoms with E-state index in [1.165, 1.54) is 0 Å². The number of aliphatic hydroxyl groups excluding tert-OH is 1. The number of carbonyl (C=O) groups excluding carboxylic acids is 2. The van der Waals surface area contributed by atoms with Gasteiger partial charge in [-0.05, 0) is 80.7 Å². The van der Waals surface area contributed by atoms with E-state index in [2.05, 4.69) is 16.1 Å². The van der Waals surface area contributed by atoms with Gasteiger partial charge in [-0.25, -0.2) is 0 Å². The first kappa shape index (κ1) is 22.1. The molecule has 32 heavy (non-hydrogen) atoms. The third-order valence-electron chi connectivity index (χ3n) is 5.92. The zero-order valence-electron chi connectivity index (χ0n) is 18.0. The summed E-state index contributed by atoms with van der Waals surface area (Å²) in [5.41, 5.74) is 1.57. The average Bonchev–Trinajstić information content (AvgIpc) is 3.49. The van der Waals surface area contributed by atoms with Crippen molar-refractivity contribution >= 4 is 11.7 Å². The topological polar surface area (TPSA) is 78.9 Å². The number of hydrogen-bond acceptors (Lipinski definition) is 5. The predicted molar refractivity (Wildman–Crippen MR) is 121 cm³/mol. The molecule has 1 amide bonds. The van der Waals surface area contributed by atoms with Gasteiger partial charge in [-0.1, -0.05) is 18.1 Å². The first-order valence-electron chi connectivity index (χ1n) is 11.1. The molecule has 0 radical (unpaired) electrons. The lowest BCUT2D eigenvalue weighted by molar-refractivity contribution is -0.118. The molecule has 6 heteroatoms. The van der Waals surface area contributed by atoms with Crippen LogP contribution in [0.3, 0.4) is 0 Å². The number of nitrogens with one attached hydrogen (secondary N) is 1. The number of amides is 1. The number of ketones is 1. The molecule has 0 aromatic heterocycles. The predicted octanol–water partition coefficient (Wildman–Crippen LogP) is 2.71. The Morgan fingerprint density at radius 2 is 1.75 bits per heavy atom. The number of ether oxygens (including phenoxy) is 1. The highest BCUT2D eigenvalue weighted by Crippen LogP contribution is 2.28. The fourth-order valence-corrected chi connectivity index (χ4v) is 3.90. The molecule has 1 aliphatic heterocycles. The summed E-state index contributed by atoms with van der Waals surface area (Å²) >= 11 is 0. The fraction of sp³-hybridized carbons (Fsp3) is 0.385. The largest absolute Gasteiger partial charge is 0.490 e. The van der Waals surface area contributed by atoms with E-state index in [1.54, 1.807) is 24.3 Å². The highest BCUT2D eigenvalue weighted by molar-refractivity contribution is 6.42. The van der Waals surface area contributed by atoms with Crippen molar-refractivity contribution in [3.8, 4) is 18.1 Å². The van der Waals surface area contributed by atoms with Gasteiger partial charge in [-0.2, -0.15) is 0 Å². The molecule has 1 saturated heterocycles. The summed E-state index contributed by atoms with van der Waals surface area (Å²) in [5.74, 6) is 1.87. The summed E-state index contributed by atoms with van der Waals surface area (Å²) in [4.78, 5) is 27.6. The Labute approximate surface area is 188 Å². The van der Waals surface area contributed by atoms with Crippen LogP contribution in [0.4, 0.5) is 0 Å². The Balaban J connectivity index is 1.46. The summed E-state index contributed by atoms with van der Waals surface area (Å²) in [6.07, 6.45) is 9.03. The SMILES string of the molecule is C#Cc1ccc(C(=O)C(=O)NC(CN2CCCC2)C(O)c2ccc(OC3CC3)cc2)cc1. The molecule has 2 unspecified atom stereocenters. The normalized spacial score (nSPS) is 17.9. The van der Waals surface area contributed by atoms with Crippen molar-refractivity contribution in [2.45, 2.75) is 43.9 Å². The first-order valence-corrected chi connectivity index (χ1v) is 11.1. The van der Waals surface area contributed by atoms with Crippen LogP contribution in [-0.2, 0) is 4.79 Å². The maximum absolute atomic E-state index is 12.7. The number of nitrogens with zero attached hydrogens (tertiary/aromatic N) is 1.